The molecule has 2 N–H and O–H groups in total. The van der Waals surface area contributed by atoms with Crippen LogP contribution in [0.2, 0.25) is 10.0 Å². The molecular weight excluding hydrogens is 511 g/mol. The highest BCUT2D eigenvalue weighted by Gasteiger charge is 2.19. The van der Waals surface area contributed by atoms with Crippen LogP contribution >= 0.6 is 34.5 Å². The van der Waals surface area contributed by atoms with E-state index >= 15 is 0 Å². The maximum Gasteiger partial charge on any atom is 0.332 e. The number of fused-ring (bicyclic) bond motifs is 1. The molecule has 0 atom stereocenters. The molecule has 0 bridgehead atoms. The fraction of sp³-hybridized carbons (Fsp3) is 0.167. The Morgan fingerprint density at radius 3 is 2.40 bits per heavy atom. The van der Waals surface area contributed by atoms with Crippen molar-refractivity contribution in [3.8, 4) is 0 Å². The van der Waals surface area contributed by atoms with Crippen molar-refractivity contribution in [1.29, 1.82) is 0 Å². The molecule has 2 amide bonds. The van der Waals surface area contributed by atoms with E-state index in [1.54, 1.807) is 29.6 Å². The van der Waals surface area contributed by atoms with Crippen molar-refractivity contribution in [2.75, 3.05) is 11.9 Å². The molecule has 2 aromatic carbocycles. The third kappa shape index (κ3) is 5.64. The Hall–Kier alpha value is -3.40. The van der Waals surface area contributed by atoms with Gasteiger partial charge in [-0.2, -0.15) is 0 Å². The van der Waals surface area contributed by atoms with Crippen LogP contribution in [0.15, 0.2) is 69.6 Å². The number of carbonyl (C=O) groups excluding carboxylic acids is 2. The van der Waals surface area contributed by atoms with E-state index in [4.69, 9.17) is 23.2 Å². The third-order valence-electron chi connectivity index (χ3n) is 5.24. The monoisotopic (exact) mass is 530 g/mol. The largest absolute Gasteiger partial charge is 0.354 e. The Kier molecular flexibility index (Phi) is 7.70. The summed E-state index contributed by atoms with van der Waals surface area (Å²) in [7, 11) is 0. The summed E-state index contributed by atoms with van der Waals surface area (Å²) in [6.45, 7) is -0.483. The van der Waals surface area contributed by atoms with E-state index in [1.165, 1.54) is 0 Å². The van der Waals surface area contributed by atoms with Crippen LogP contribution in [0.3, 0.4) is 0 Å². The average molecular weight is 531 g/mol. The molecule has 0 saturated heterocycles. The number of halogens is 2. The van der Waals surface area contributed by atoms with Gasteiger partial charge in [-0.25, -0.2) is 9.36 Å². The number of hydrogen-bond donors (Lipinski definition) is 2. The zero-order valence-electron chi connectivity index (χ0n) is 18.3. The molecular formula is C24H20Cl2N4O4S. The Labute approximate surface area is 213 Å². The highest BCUT2D eigenvalue weighted by atomic mass is 35.5. The minimum absolute atomic E-state index is 0.174. The van der Waals surface area contributed by atoms with Crippen molar-refractivity contribution >= 4 is 62.3 Å². The van der Waals surface area contributed by atoms with Crippen LogP contribution in [0.1, 0.15) is 5.56 Å². The minimum Gasteiger partial charge on any atom is -0.354 e. The van der Waals surface area contributed by atoms with Gasteiger partial charge in [0.1, 0.15) is 17.8 Å². The Bertz CT molecular complexity index is 1510. The van der Waals surface area contributed by atoms with Gasteiger partial charge in [0.15, 0.2) is 0 Å². The van der Waals surface area contributed by atoms with Crippen LogP contribution in [-0.4, -0.2) is 27.5 Å². The van der Waals surface area contributed by atoms with E-state index in [-0.39, 0.29) is 21.3 Å². The first-order chi connectivity index (χ1) is 16.8. The summed E-state index contributed by atoms with van der Waals surface area (Å²) in [5.74, 6) is -1.01. The van der Waals surface area contributed by atoms with Gasteiger partial charge in [-0.15, -0.1) is 11.3 Å². The second-order valence-corrected chi connectivity index (χ2v) is 9.33. The lowest BCUT2D eigenvalue weighted by Crippen LogP contribution is -2.44. The zero-order valence-corrected chi connectivity index (χ0v) is 20.6. The lowest BCUT2D eigenvalue weighted by molar-refractivity contribution is -0.121. The summed E-state index contributed by atoms with van der Waals surface area (Å²) in [4.78, 5) is 51.3. The number of aromatic nitrogens is 2. The van der Waals surface area contributed by atoms with Crippen molar-refractivity contribution in [3.05, 3.63) is 96.4 Å². The lowest BCUT2D eigenvalue weighted by atomic mass is 10.1. The maximum atomic E-state index is 13.2. The molecule has 0 aliphatic heterocycles. The fourth-order valence-electron chi connectivity index (χ4n) is 3.55. The SMILES string of the molecule is O=C(Cn1c(=O)c2sccc2n(CC(=O)Nc2cccc(Cl)c2Cl)c1=O)NCCc1ccccc1. The molecule has 11 heteroatoms. The van der Waals surface area contributed by atoms with Crippen LogP contribution < -0.4 is 21.9 Å². The first-order valence-electron chi connectivity index (χ1n) is 10.6. The highest BCUT2D eigenvalue weighted by Crippen LogP contribution is 2.29. The predicted octanol–water partition coefficient (Wildman–Crippen LogP) is 3.53. The zero-order chi connectivity index (χ0) is 24.9. The van der Waals surface area contributed by atoms with Gasteiger partial charge >= 0.3 is 5.69 Å². The quantitative estimate of drug-likeness (QED) is 0.363. The molecule has 0 radical (unpaired) electrons. The van der Waals surface area contributed by atoms with Crippen LogP contribution in [0, 0.1) is 0 Å². The number of hydrogen-bond acceptors (Lipinski definition) is 5. The lowest BCUT2D eigenvalue weighted by Gasteiger charge is -2.13. The molecule has 0 spiro atoms. The maximum absolute atomic E-state index is 13.2. The molecule has 2 aromatic heterocycles. The number of rotatable bonds is 8. The molecule has 35 heavy (non-hydrogen) atoms. The van der Waals surface area contributed by atoms with Crippen LogP contribution in [0.5, 0.6) is 0 Å². The number of nitrogens with one attached hydrogen (secondary N) is 2. The van der Waals surface area contributed by atoms with Gasteiger partial charge in [-0.1, -0.05) is 59.6 Å². The number of amides is 2. The average Bonchev–Trinajstić information content (AvgIpc) is 3.33. The predicted molar refractivity (Wildman–Crippen MR) is 139 cm³/mol. The Balaban J connectivity index is 1.53. The second-order valence-electron chi connectivity index (χ2n) is 7.63. The normalized spacial score (nSPS) is 10.9. The molecule has 4 aromatic rings. The highest BCUT2D eigenvalue weighted by molar-refractivity contribution is 7.17. The van der Waals surface area contributed by atoms with E-state index in [1.807, 2.05) is 30.3 Å². The third-order valence-corrected chi connectivity index (χ3v) is 6.95. The summed E-state index contributed by atoms with van der Waals surface area (Å²) in [5.41, 5.74) is 0.334. The molecule has 2 heterocycles. The summed E-state index contributed by atoms with van der Waals surface area (Å²) >= 11 is 13.3. The van der Waals surface area contributed by atoms with Crippen LogP contribution in [0.4, 0.5) is 5.69 Å². The van der Waals surface area contributed by atoms with Crippen molar-refractivity contribution in [3.63, 3.8) is 0 Å². The standard InChI is InChI=1S/C24H20Cl2N4O4S/c25-16-7-4-8-17(21(16)26)28-20(32)14-29-18-10-12-35-22(18)23(33)30(24(29)34)13-19(31)27-11-9-15-5-2-1-3-6-15/h1-8,10,12H,9,11,13-14H2,(H,27,31)(H,28,32). The van der Waals surface area contributed by atoms with Gasteiger partial charge in [0.2, 0.25) is 11.8 Å². The molecule has 180 valence electrons. The van der Waals surface area contributed by atoms with E-state index in [2.05, 4.69) is 10.6 Å². The Morgan fingerprint density at radius 2 is 1.63 bits per heavy atom. The van der Waals surface area contributed by atoms with Crippen molar-refractivity contribution in [1.82, 2.24) is 14.5 Å². The van der Waals surface area contributed by atoms with E-state index in [9.17, 15) is 19.2 Å². The van der Waals surface area contributed by atoms with Crippen LogP contribution in [0.25, 0.3) is 10.2 Å². The van der Waals surface area contributed by atoms with Gasteiger partial charge in [-0.05, 0) is 35.6 Å². The molecule has 0 saturated carbocycles. The van der Waals surface area contributed by atoms with E-state index < -0.39 is 29.6 Å². The van der Waals surface area contributed by atoms with Gasteiger partial charge in [0.25, 0.3) is 5.56 Å². The Morgan fingerprint density at radius 1 is 0.886 bits per heavy atom. The van der Waals surface area contributed by atoms with E-state index in [0.29, 0.717) is 24.2 Å². The van der Waals surface area contributed by atoms with Gasteiger partial charge in [0.05, 0.1) is 21.2 Å². The van der Waals surface area contributed by atoms with Gasteiger partial charge in [0, 0.05) is 6.54 Å². The topological polar surface area (TPSA) is 102 Å². The van der Waals surface area contributed by atoms with Crippen molar-refractivity contribution in [2.24, 2.45) is 0 Å². The van der Waals surface area contributed by atoms with Crippen LogP contribution in [-0.2, 0) is 29.1 Å². The van der Waals surface area contributed by atoms with Crippen molar-refractivity contribution in [2.45, 2.75) is 19.5 Å². The number of carbonyl (C=O) groups is 2. The van der Waals surface area contributed by atoms with Gasteiger partial charge in [-0.3, -0.25) is 19.0 Å². The molecule has 0 aliphatic rings. The number of benzene rings is 2. The minimum atomic E-state index is -0.758. The first kappa shape index (κ1) is 24.7. The van der Waals surface area contributed by atoms with Gasteiger partial charge < -0.3 is 10.6 Å². The molecule has 0 aliphatic carbocycles. The second kappa shape index (κ2) is 10.9. The number of thiophene rings is 1. The fourth-order valence-corrected chi connectivity index (χ4v) is 4.74. The summed E-state index contributed by atoms with van der Waals surface area (Å²) in [6, 6.07) is 16.0. The summed E-state index contributed by atoms with van der Waals surface area (Å²) in [5, 5.41) is 7.45. The molecule has 4 rings (SSSR count). The summed E-state index contributed by atoms with van der Waals surface area (Å²) < 4.78 is 2.28. The summed E-state index contributed by atoms with van der Waals surface area (Å²) in [6.07, 6.45) is 0.613. The molecule has 8 nitrogen and oxygen atoms in total. The molecule has 0 fully saturated rings. The smallest absolute Gasteiger partial charge is 0.332 e. The molecule has 0 unspecified atom stereocenters. The van der Waals surface area contributed by atoms with Crippen molar-refractivity contribution < 1.29 is 9.59 Å². The van der Waals surface area contributed by atoms with E-state index in [0.717, 1.165) is 26.0 Å². The first-order valence-corrected chi connectivity index (χ1v) is 12.2. The number of nitrogens with zero attached hydrogens (tertiary/aromatic N) is 2. The number of anilines is 1.